The van der Waals surface area contributed by atoms with Gasteiger partial charge in [-0.1, -0.05) is 42.0 Å². The number of nitrogens with two attached hydrogens (primary N) is 1. The molecule has 0 bridgehead atoms. The van der Waals surface area contributed by atoms with Crippen molar-refractivity contribution in [3.8, 4) is 5.75 Å². The summed E-state index contributed by atoms with van der Waals surface area (Å²) < 4.78 is 6.53. The third kappa shape index (κ3) is 3.69. The van der Waals surface area contributed by atoms with Gasteiger partial charge >= 0.3 is 0 Å². The second-order valence-corrected chi connectivity index (χ2v) is 5.59. The molecule has 0 aliphatic rings. The summed E-state index contributed by atoms with van der Waals surface area (Å²) in [6.45, 7) is 0.407. The van der Waals surface area contributed by atoms with Crippen molar-refractivity contribution in [2.45, 2.75) is 6.61 Å². The lowest BCUT2D eigenvalue weighted by Crippen LogP contribution is -2.09. The Morgan fingerprint density at radius 3 is 2.63 bits per heavy atom. The summed E-state index contributed by atoms with van der Waals surface area (Å²) in [6, 6.07) is 13.1. The highest BCUT2D eigenvalue weighted by atomic mass is 79.9. The fraction of sp³-hybridized carbons (Fsp3) is 0.0714. The molecule has 2 N–H and O–H groups in total. The van der Waals surface area contributed by atoms with Crippen molar-refractivity contribution in [3.05, 3.63) is 63.1 Å². The van der Waals surface area contributed by atoms with Crippen LogP contribution in [0.4, 0.5) is 0 Å². The maximum atomic E-state index is 6.07. The first-order valence-electron chi connectivity index (χ1n) is 5.53. The van der Waals surface area contributed by atoms with Crippen LogP contribution in [-0.4, -0.2) is 4.99 Å². The second kappa shape index (κ2) is 6.37. The van der Waals surface area contributed by atoms with E-state index >= 15 is 0 Å². The molecule has 0 radical (unpaired) electrons. The zero-order chi connectivity index (χ0) is 13.8. The Labute approximate surface area is 130 Å². The lowest BCUT2D eigenvalue weighted by atomic mass is 10.2. The first-order chi connectivity index (χ1) is 9.08. The Hall–Kier alpha value is -1.10. The van der Waals surface area contributed by atoms with Gasteiger partial charge < -0.3 is 10.5 Å². The molecule has 0 saturated heterocycles. The van der Waals surface area contributed by atoms with Crippen molar-refractivity contribution < 1.29 is 4.74 Å². The predicted octanol–water partition coefficient (Wildman–Crippen LogP) is 4.32. The molecule has 98 valence electrons. The van der Waals surface area contributed by atoms with Crippen molar-refractivity contribution in [1.29, 1.82) is 0 Å². The van der Waals surface area contributed by atoms with Crippen LogP contribution in [0.3, 0.4) is 0 Å². The van der Waals surface area contributed by atoms with Crippen LogP contribution < -0.4 is 10.5 Å². The maximum Gasteiger partial charge on any atom is 0.134 e. The molecule has 2 nitrogen and oxygen atoms in total. The van der Waals surface area contributed by atoms with Crippen molar-refractivity contribution >= 4 is 44.7 Å². The third-order valence-electron chi connectivity index (χ3n) is 2.56. The van der Waals surface area contributed by atoms with Crippen LogP contribution in [0.25, 0.3) is 0 Å². The Balaban J connectivity index is 2.12. The molecule has 0 fully saturated rings. The molecule has 19 heavy (non-hydrogen) atoms. The van der Waals surface area contributed by atoms with Gasteiger partial charge in [0.2, 0.25) is 0 Å². The van der Waals surface area contributed by atoms with Crippen molar-refractivity contribution in [3.63, 3.8) is 0 Å². The highest BCUT2D eigenvalue weighted by Gasteiger charge is 2.06. The summed E-state index contributed by atoms with van der Waals surface area (Å²) in [5.41, 5.74) is 7.31. The Bertz CT molecular complexity index is 618. The van der Waals surface area contributed by atoms with E-state index in [9.17, 15) is 0 Å². The maximum absolute atomic E-state index is 6.07. The summed E-state index contributed by atoms with van der Waals surface area (Å²) in [6.07, 6.45) is 0. The molecule has 0 unspecified atom stereocenters. The van der Waals surface area contributed by atoms with E-state index in [1.165, 1.54) is 0 Å². The molecule has 0 amide bonds. The minimum absolute atomic E-state index is 0.360. The molecule has 2 rings (SSSR count). The Morgan fingerprint density at radius 2 is 2.00 bits per heavy atom. The molecule has 5 heteroatoms. The molecule has 0 saturated carbocycles. The molecular weight excluding hydrogens is 346 g/mol. The van der Waals surface area contributed by atoms with Gasteiger partial charge in [0, 0.05) is 16.1 Å². The van der Waals surface area contributed by atoms with Crippen LogP contribution in [0.15, 0.2) is 46.9 Å². The van der Waals surface area contributed by atoms with E-state index < -0.39 is 0 Å². The number of thiocarbonyl (C=S) groups is 1. The first-order valence-corrected chi connectivity index (χ1v) is 7.11. The van der Waals surface area contributed by atoms with E-state index in [-0.39, 0.29) is 0 Å². The van der Waals surface area contributed by atoms with Gasteiger partial charge in [-0.15, -0.1) is 0 Å². The van der Waals surface area contributed by atoms with E-state index in [4.69, 9.17) is 34.3 Å². The van der Waals surface area contributed by atoms with Gasteiger partial charge in [0.1, 0.15) is 17.3 Å². The van der Waals surface area contributed by atoms with E-state index in [2.05, 4.69) is 15.9 Å². The van der Waals surface area contributed by atoms with Gasteiger partial charge in [0.05, 0.1) is 4.47 Å². The zero-order valence-electron chi connectivity index (χ0n) is 9.90. The van der Waals surface area contributed by atoms with Gasteiger partial charge in [-0.2, -0.15) is 0 Å². The molecule has 0 atom stereocenters. The molecule has 2 aromatic rings. The van der Waals surface area contributed by atoms with Gasteiger partial charge in [-0.3, -0.25) is 0 Å². The van der Waals surface area contributed by atoms with E-state index in [1.54, 1.807) is 0 Å². The average molecular weight is 357 g/mol. The number of hydrogen-bond donors (Lipinski definition) is 1. The summed E-state index contributed by atoms with van der Waals surface area (Å²) in [4.78, 5) is 0.360. The topological polar surface area (TPSA) is 35.2 Å². The smallest absolute Gasteiger partial charge is 0.134 e. The van der Waals surface area contributed by atoms with E-state index in [0.29, 0.717) is 16.6 Å². The molecule has 0 spiro atoms. The standard InChI is InChI=1S/C14H11BrClNOS/c15-11-7-9(14(17)19)5-6-13(11)18-8-10-3-1-2-4-12(10)16/h1-7H,8H2,(H2,17,19). The Morgan fingerprint density at radius 1 is 1.26 bits per heavy atom. The number of benzene rings is 2. The van der Waals surface area contributed by atoms with Crippen LogP contribution >= 0.6 is 39.7 Å². The van der Waals surface area contributed by atoms with Gasteiger partial charge in [0.15, 0.2) is 0 Å². The predicted molar refractivity (Wildman–Crippen MR) is 85.8 cm³/mol. The van der Waals surface area contributed by atoms with E-state index in [1.807, 2.05) is 42.5 Å². The highest BCUT2D eigenvalue weighted by Crippen LogP contribution is 2.27. The molecule has 0 heterocycles. The first kappa shape index (κ1) is 14.3. The van der Waals surface area contributed by atoms with Crippen LogP contribution in [0.1, 0.15) is 11.1 Å². The fourth-order valence-corrected chi connectivity index (χ4v) is 2.35. The Kier molecular flexibility index (Phi) is 4.80. The van der Waals surface area contributed by atoms with Crippen molar-refractivity contribution in [1.82, 2.24) is 0 Å². The minimum atomic E-state index is 0.360. The van der Waals surface area contributed by atoms with Crippen LogP contribution in [0.2, 0.25) is 5.02 Å². The van der Waals surface area contributed by atoms with Crippen LogP contribution in [-0.2, 0) is 6.61 Å². The zero-order valence-corrected chi connectivity index (χ0v) is 13.1. The van der Waals surface area contributed by atoms with E-state index in [0.717, 1.165) is 21.3 Å². The number of ether oxygens (including phenoxy) is 1. The molecule has 2 aromatic carbocycles. The van der Waals surface area contributed by atoms with Crippen molar-refractivity contribution in [2.24, 2.45) is 5.73 Å². The highest BCUT2D eigenvalue weighted by molar-refractivity contribution is 9.10. The summed E-state index contributed by atoms with van der Waals surface area (Å²) >= 11 is 14.4. The lowest BCUT2D eigenvalue weighted by molar-refractivity contribution is 0.304. The second-order valence-electron chi connectivity index (χ2n) is 3.89. The van der Waals surface area contributed by atoms with Crippen LogP contribution in [0, 0.1) is 0 Å². The van der Waals surface area contributed by atoms with Gasteiger partial charge in [0.25, 0.3) is 0 Å². The molecule has 0 aliphatic carbocycles. The van der Waals surface area contributed by atoms with Crippen LogP contribution in [0.5, 0.6) is 5.75 Å². The largest absolute Gasteiger partial charge is 0.488 e. The summed E-state index contributed by atoms with van der Waals surface area (Å²) in [5, 5.41) is 0.693. The number of hydrogen-bond acceptors (Lipinski definition) is 2. The van der Waals surface area contributed by atoms with Crippen molar-refractivity contribution in [2.75, 3.05) is 0 Å². The summed E-state index contributed by atoms with van der Waals surface area (Å²) in [7, 11) is 0. The SMILES string of the molecule is NC(=S)c1ccc(OCc2ccccc2Cl)c(Br)c1. The normalized spacial score (nSPS) is 10.2. The fourth-order valence-electron chi connectivity index (χ4n) is 1.54. The number of rotatable bonds is 4. The minimum Gasteiger partial charge on any atom is -0.488 e. The lowest BCUT2D eigenvalue weighted by Gasteiger charge is -2.10. The molecule has 0 aliphatic heterocycles. The average Bonchev–Trinajstić information content (AvgIpc) is 2.39. The molecular formula is C14H11BrClNOS. The van der Waals surface area contributed by atoms with Gasteiger partial charge in [-0.05, 0) is 40.2 Å². The van der Waals surface area contributed by atoms with Gasteiger partial charge in [-0.25, -0.2) is 0 Å². The quantitative estimate of drug-likeness (QED) is 0.829. The number of halogens is 2. The molecule has 0 aromatic heterocycles. The monoisotopic (exact) mass is 355 g/mol. The third-order valence-corrected chi connectivity index (χ3v) is 3.78. The summed E-state index contributed by atoms with van der Waals surface area (Å²) in [5.74, 6) is 0.722.